The van der Waals surface area contributed by atoms with Crippen molar-refractivity contribution in [2.75, 3.05) is 25.5 Å². The number of nitrogens with zero attached hydrogens (tertiary/aromatic N) is 2. The van der Waals surface area contributed by atoms with Crippen LogP contribution in [-0.4, -0.2) is 42.3 Å². The fourth-order valence-corrected chi connectivity index (χ4v) is 2.97. The Kier molecular flexibility index (Phi) is 5.73. The molecule has 0 spiro atoms. The Labute approximate surface area is 151 Å². The van der Waals surface area contributed by atoms with Gasteiger partial charge in [-0.1, -0.05) is 12.1 Å². The second kappa shape index (κ2) is 8.37. The summed E-state index contributed by atoms with van der Waals surface area (Å²) >= 11 is 0. The summed E-state index contributed by atoms with van der Waals surface area (Å²) < 4.78 is 14.8. The predicted molar refractivity (Wildman–Crippen MR) is 92.7 cm³/mol. The molecule has 138 valence electrons. The Balaban J connectivity index is 1.47. The van der Waals surface area contributed by atoms with E-state index in [1.807, 2.05) is 24.3 Å². The van der Waals surface area contributed by atoms with Gasteiger partial charge in [-0.2, -0.15) is 0 Å². The van der Waals surface area contributed by atoms with Gasteiger partial charge in [0.2, 0.25) is 0 Å². The van der Waals surface area contributed by atoms with E-state index in [1.54, 1.807) is 4.90 Å². The van der Waals surface area contributed by atoms with Crippen LogP contribution < -0.4 is 5.32 Å². The smallest absolute Gasteiger partial charge is 0.412 e. The van der Waals surface area contributed by atoms with Crippen LogP contribution in [0.25, 0.3) is 0 Å². The summed E-state index contributed by atoms with van der Waals surface area (Å²) in [6.07, 6.45) is 3.73. The van der Waals surface area contributed by atoms with E-state index in [1.165, 1.54) is 25.3 Å². The maximum Gasteiger partial charge on any atom is 0.412 e. The highest BCUT2D eigenvalue weighted by Gasteiger charge is 2.24. The molecule has 1 aliphatic heterocycles. The van der Waals surface area contributed by atoms with Crippen molar-refractivity contribution in [1.29, 1.82) is 0 Å². The number of amides is 2. The highest BCUT2D eigenvalue weighted by molar-refractivity contribution is 5.84. The van der Waals surface area contributed by atoms with Gasteiger partial charge in [-0.15, -0.1) is 0 Å². The molecule has 2 amide bonds. The number of ether oxygens (including phenoxy) is 2. The number of carbonyl (C=O) groups is 2. The highest BCUT2D eigenvalue weighted by atomic mass is 16.6. The van der Waals surface area contributed by atoms with Crippen molar-refractivity contribution in [2.24, 2.45) is 0 Å². The summed E-state index contributed by atoms with van der Waals surface area (Å²) in [6, 6.07) is 7.67. The molecule has 0 atom stereocenters. The van der Waals surface area contributed by atoms with Gasteiger partial charge in [-0.3, -0.25) is 5.32 Å². The van der Waals surface area contributed by atoms with Gasteiger partial charge in [0, 0.05) is 18.8 Å². The minimum atomic E-state index is -0.555. The largest absolute Gasteiger partial charge is 0.453 e. The van der Waals surface area contributed by atoms with Crippen LogP contribution in [0.4, 0.5) is 15.3 Å². The number of hydrogen-bond acceptors (Lipinski definition) is 6. The molecule has 1 saturated heterocycles. The SMILES string of the molecule is COC(=O)N1CCC(c2ccc(NC(=O)OCc3cnco3)cc2)CC1. The zero-order valence-corrected chi connectivity index (χ0v) is 14.5. The van der Waals surface area contributed by atoms with Gasteiger partial charge >= 0.3 is 12.2 Å². The van der Waals surface area contributed by atoms with E-state index in [0.717, 1.165) is 12.8 Å². The maximum absolute atomic E-state index is 11.8. The molecule has 0 bridgehead atoms. The third kappa shape index (κ3) is 4.53. The molecule has 1 fully saturated rings. The van der Waals surface area contributed by atoms with Crippen LogP contribution in [0.5, 0.6) is 0 Å². The van der Waals surface area contributed by atoms with Crippen LogP contribution in [0.15, 0.2) is 41.3 Å². The van der Waals surface area contributed by atoms with Crippen molar-refractivity contribution >= 4 is 17.9 Å². The molecular formula is C18H21N3O5. The van der Waals surface area contributed by atoms with Crippen LogP contribution in [0.2, 0.25) is 0 Å². The van der Waals surface area contributed by atoms with Crippen LogP contribution in [-0.2, 0) is 16.1 Å². The monoisotopic (exact) mass is 359 g/mol. The van der Waals surface area contributed by atoms with Crippen molar-refractivity contribution < 1.29 is 23.5 Å². The Morgan fingerprint density at radius 2 is 2.00 bits per heavy atom. The normalized spacial score (nSPS) is 14.7. The van der Waals surface area contributed by atoms with Gasteiger partial charge < -0.3 is 18.8 Å². The van der Waals surface area contributed by atoms with Crippen LogP contribution in [0.3, 0.4) is 0 Å². The number of aromatic nitrogens is 1. The summed E-state index contributed by atoms with van der Waals surface area (Å²) in [7, 11) is 1.40. The number of likely N-dealkylation sites (tertiary alicyclic amines) is 1. The molecule has 8 heteroatoms. The molecule has 1 aromatic heterocycles. The lowest BCUT2D eigenvalue weighted by atomic mass is 9.89. The fourth-order valence-electron chi connectivity index (χ4n) is 2.97. The molecule has 2 aromatic rings. The molecule has 0 aliphatic carbocycles. The molecule has 3 rings (SSSR count). The van der Waals surface area contributed by atoms with Crippen LogP contribution in [0.1, 0.15) is 30.1 Å². The number of methoxy groups -OCH3 is 1. The minimum absolute atomic E-state index is 0.0304. The molecule has 0 unspecified atom stereocenters. The number of nitrogens with one attached hydrogen (secondary N) is 1. The average Bonchev–Trinajstić information content (AvgIpc) is 3.20. The van der Waals surface area contributed by atoms with Gasteiger partial charge in [0.05, 0.1) is 13.3 Å². The molecule has 0 radical (unpaired) electrons. The number of hydrogen-bond donors (Lipinski definition) is 1. The fraction of sp³-hybridized carbons (Fsp3) is 0.389. The molecule has 26 heavy (non-hydrogen) atoms. The summed E-state index contributed by atoms with van der Waals surface area (Å²) in [5.41, 5.74) is 1.85. The summed E-state index contributed by atoms with van der Waals surface area (Å²) in [5.74, 6) is 0.872. The molecule has 0 saturated carbocycles. The Morgan fingerprint density at radius 1 is 1.27 bits per heavy atom. The summed E-state index contributed by atoms with van der Waals surface area (Å²) in [4.78, 5) is 28.8. The quantitative estimate of drug-likeness (QED) is 0.899. The van der Waals surface area contributed by atoms with Crippen LogP contribution >= 0.6 is 0 Å². The second-order valence-electron chi connectivity index (χ2n) is 6.02. The van der Waals surface area contributed by atoms with Crippen molar-refractivity contribution in [3.63, 3.8) is 0 Å². The first-order valence-corrected chi connectivity index (χ1v) is 8.39. The van der Waals surface area contributed by atoms with E-state index in [4.69, 9.17) is 13.9 Å². The second-order valence-corrected chi connectivity index (χ2v) is 6.02. The van der Waals surface area contributed by atoms with E-state index < -0.39 is 6.09 Å². The highest BCUT2D eigenvalue weighted by Crippen LogP contribution is 2.29. The molecular weight excluding hydrogens is 338 g/mol. The van der Waals surface area contributed by atoms with Gasteiger partial charge in [-0.25, -0.2) is 14.6 Å². The topological polar surface area (TPSA) is 93.9 Å². The molecule has 1 N–H and O–H groups in total. The zero-order chi connectivity index (χ0) is 18.4. The van der Waals surface area contributed by atoms with E-state index in [-0.39, 0.29) is 12.7 Å². The lowest BCUT2D eigenvalue weighted by Crippen LogP contribution is -2.37. The first-order chi connectivity index (χ1) is 12.7. The Bertz CT molecular complexity index is 722. The van der Waals surface area contributed by atoms with E-state index in [9.17, 15) is 9.59 Å². The predicted octanol–water partition coefficient (Wildman–Crippen LogP) is 3.37. The third-order valence-corrected chi connectivity index (χ3v) is 4.39. The van der Waals surface area contributed by atoms with Crippen molar-refractivity contribution in [3.05, 3.63) is 48.2 Å². The van der Waals surface area contributed by atoms with E-state index in [0.29, 0.717) is 30.5 Å². The van der Waals surface area contributed by atoms with Crippen LogP contribution in [0, 0.1) is 0 Å². The van der Waals surface area contributed by atoms with Crippen molar-refractivity contribution in [1.82, 2.24) is 9.88 Å². The summed E-state index contributed by atoms with van der Waals surface area (Å²) in [6.45, 7) is 1.40. The number of carbonyl (C=O) groups excluding carboxylic acids is 2. The zero-order valence-electron chi connectivity index (χ0n) is 14.5. The standard InChI is InChI=1S/C18H21N3O5/c1-24-18(23)21-8-6-14(7-9-21)13-2-4-15(5-3-13)20-17(22)25-11-16-10-19-12-26-16/h2-5,10,12,14H,6-9,11H2,1H3,(H,20,22). The third-order valence-electron chi connectivity index (χ3n) is 4.39. The van der Waals surface area contributed by atoms with Gasteiger partial charge in [0.25, 0.3) is 0 Å². The molecule has 1 aromatic carbocycles. The van der Waals surface area contributed by atoms with Gasteiger partial charge in [0.15, 0.2) is 18.8 Å². The molecule has 2 heterocycles. The first kappa shape index (κ1) is 17.8. The maximum atomic E-state index is 11.8. The lowest BCUT2D eigenvalue weighted by molar-refractivity contribution is 0.112. The number of anilines is 1. The average molecular weight is 359 g/mol. The number of rotatable bonds is 4. The van der Waals surface area contributed by atoms with Crippen molar-refractivity contribution in [2.45, 2.75) is 25.4 Å². The lowest BCUT2D eigenvalue weighted by Gasteiger charge is -2.31. The number of oxazole rings is 1. The Hall–Kier alpha value is -3.03. The minimum Gasteiger partial charge on any atom is -0.453 e. The van der Waals surface area contributed by atoms with E-state index in [2.05, 4.69) is 10.3 Å². The number of piperidine rings is 1. The molecule has 8 nitrogen and oxygen atoms in total. The van der Waals surface area contributed by atoms with Gasteiger partial charge in [-0.05, 0) is 36.5 Å². The first-order valence-electron chi connectivity index (χ1n) is 8.39. The molecule has 1 aliphatic rings. The van der Waals surface area contributed by atoms with Gasteiger partial charge in [0.1, 0.15) is 0 Å². The Morgan fingerprint density at radius 3 is 2.62 bits per heavy atom. The van der Waals surface area contributed by atoms with E-state index >= 15 is 0 Å². The van der Waals surface area contributed by atoms with Crippen molar-refractivity contribution in [3.8, 4) is 0 Å². The summed E-state index contributed by atoms with van der Waals surface area (Å²) in [5, 5.41) is 2.67. The number of benzene rings is 1.